The Balaban J connectivity index is 2.35. The summed E-state index contributed by atoms with van der Waals surface area (Å²) in [6.45, 7) is 7.09. The summed E-state index contributed by atoms with van der Waals surface area (Å²) >= 11 is 3.72. The van der Waals surface area contributed by atoms with Crippen LogP contribution in [0.5, 0.6) is 0 Å². The number of anilines is 1. The fraction of sp³-hybridized carbons (Fsp3) is 0.333. The molecule has 0 aliphatic heterocycles. The third kappa shape index (κ3) is 4.45. The quantitative estimate of drug-likeness (QED) is 0.576. The van der Waals surface area contributed by atoms with Gasteiger partial charge in [0.15, 0.2) is 0 Å². The summed E-state index contributed by atoms with van der Waals surface area (Å²) in [7, 11) is -1.44. The summed E-state index contributed by atoms with van der Waals surface area (Å²) in [4.78, 5) is 3.88. The zero-order valence-electron chi connectivity index (χ0n) is 13.1. The summed E-state index contributed by atoms with van der Waals surface area (Å²) in [6, 6.07) is 18.3. The number of rotatable bonds is 6. The van der Waals surface area contributed by atoms with Crippen molar-refractivity contribution in [3.8, 4) is 11.1 Å². The van der Waals surface area contributed by atoms with Gasteiger partial charge in [0.2, 0.25) is 0 Å². The van der Waals surface area contributed by atoms with Crippen molar-refractivity contribution in [1.82, 2.24) is 0 Å². The predicted octanol–water partition coefficient (Wildman–Crippen LogP) is 6.53. The first kappa shape index (κ1) is 16.3. The van der Waals surface area contributed by atoms with E-state index in [2.05, 4.69) is 89.5 Å². The van der Waals surface area contributed by atoms with Crippen LogP contribution < -0.4 is 4.98 Å². The summed E-state index contributed by atoms with van der Waals surface area (Å²) in [5.41, 5.74) is 3.79. The predicted molar refractivity (Wildman–Crippen MR) is 100 cm³/mol. The zero-order valence-corrected chi connectivity index (χ0v) is 15.7. The molecular formula is C18H24BrNSi. The van der Waals surface area contributed by atoms with Crippen LogP contribution >= 0.6 is 15.9 Å². The molecule has 0 aliphatic carbocycles. The van der Waals surface area contributed by atoms with E-state index in [1.165, 1.54) is 35.7 Å². The van der Waals surface area contributed by atoms with E-state index in [1.807, 2.05) is 0 Å². The average Bonchev–Trinajstić information content (AvgIpc) is 2.48. The van der Waals surface area contributed by atoms with Crippen molar-refractivity contribution < 1.29 is 0 Å². The zero-order chi connectivity index (χ0) is 15.3. The molecule has 0 saturated heterocycles. The number of benzene rings is 2. The third-order valence-electron chi connectivity index (χ3n) is 3.72. The second-order valence-corrected chi connectivity index (χ2v) is 11.5. The summed E-state index contributed by atoms with van der Waals surface area (Å²) in [6.07, 6.45) is 2.57. The van der Waals surface area contributed by atoms with Crippen molar-refractivity contribution in [2.75, 3.05) is 4.98 Å². The van der Waals surface area contributed by atoms with E-state index in [0.29, 0.717) is 0 Å². The van der Waals surface area contributed by atoms with Crippen LogP contribution in [0.2, 0.25) is 19.1 Å². The van der Waals surface area contributed by atoms with E-state index in [0.717, 1.165) is 4.47 Å². The van der Waals surface area contributed by atoms with Crippen molar-refractivity contribution in [2.24, 2.45) is 0 Å². The lowest BCUT2D eigenvalue weighted by Crippen LogP contribution is -2.36. The van der Waals surface area contributed by atoms with Gasteiger partial charge in [0.25, 0.3) is 0 Å². The first-order chi connectivity index (χ1) is 10.0. The molecule has 0 aliphatic rings. The fourth-order valence-corrected chi connectivity index (χ4v) is 5.49. The molecule has 0 heterocycles. The van der Waals surface area contributed by atoms with Gasteiger partial charge in [0, 0.05) is 15.7 Å². The first-order valence-electron chi connectivity index (χ1n) is 7.65. The molecule has 0 radical (unpaired) electrons. The second kappa shape index (κ2) is 7.28. The number of hydrogen-bond donors (Lipinski definition) is 1. The molecule has 2 aromatic carbocycles. The maximum absolute atomic E-state index is 3.88. The van der Waals surface area contributed by atoms with Gasteiger partial charge in [-0.05, 0) is 33.6 Å². The first-order valence-corrected chi connectivity index (χ1v) is 11.7. The SMILES string of the molecule is CCCC[Si](C)(C)Nc1c(Br)cccc1-c1ccccc1. The van der Waals surface area contributed by atoms with Crippen molar-refractivity contribution in [1.29, 1.82) is 0 Å². The monoisotopic (exact) mass is 361 g/mol. The van der Waals surface area contributed by atoms with Crippen LogP contribution in [0.25, 0.3) is 11.1 Å². The molecule has 2 aromatic rings. The minimum Gasteiger partial charge on any atom is -0.409 e. The van der Waals surface area contributed by atoms with Gasteiger partial charge < -0.3 is 4.98 Å². The summed E-state index contributed by atoms with van der Waals surface area (Å²) < 4.78 is 1.15. The van der Waals surface area contributed by atoms with Gasteiger partial charge in [-0.2, -0.15) is 0 Å². The molecule has 112 valence electrons. The number of hydrogen-bond acceptors (Lipinski definition) is 1. The van der Waals surface area contributed by atoms with E-state index < -0.39 is 8.24 Å². The molecule has 2 rings (SSSR count). The molecule has 1 nitrogen and oxygen atoms in total. The number of unbranched alkanes of at least 4 members (excludes halogenated alkanes) is 1. The molecular weight excluding hydrogens is 338 g/mol. The Morgan fingerprint density at radius 3 is 2.38 bits per heavy atom. The highest BCUT2D eigenvalue weighted by Crippen LogP contribution is 2.36. The van der Waals surface area contributed by atoms with Crippen molar-refractivity contribution >= 4 is 29.9 Å². The average molecular weight is 362 g/mol. The van der Waals surface area contributed by atoms with Gasteiger partial charge in [-0.15, -0.1) is 0 Å². The Labute approximate surface area is 138 Å². The van der Waals surface area contributed by atoms with Crippen LogP contribution in [0.15, 0.2) is 53.0 Å². The Hall–Kier alpha value is -1.06. The molecule has 0 aromatic heterocycles. The lowest BCUT2D eigenvalue weighted by molar-refractivity contribution is 0.868. The van der Waals surface area contributed by atoms with Gasteiger partial charge in [-0.3, -0.25) is 0 Å². The number of para-hydroxylation sites is 1. The molecule has 3 heteroatoms. The molecule has 0 spiro atoms. The van der Waals surface area contributed by atoms with E-state index in [9.17, 15) is 0 Å². The summed E-state index contributed by atoms with van der Waals surface area (Å²) in [5.74, 6) is 0. The smallest absolute Gasteiger partial charge is 0.147 e. The Morgan fingerprint density at radius 2 is 1.71 bits per heavy atom. The van der Waals surface area contributed by atoms with Crippen LogP contribution in [0.3, 0.4) is 0 Å². The van der Waals surface area contributed by atoms with Gasteiger partial charge >= 0.3 is 0 Å². The van der Waals surface area contributed by atoms with E-state index in [1.54, 1.807) is 0 Å². The minimum absolute atomic E-state index is 1.15. The standard InChI is InChI=1S/C18H24BrNSi/c1-4-5-14-21(2,3)20-18-16(12-9-13-17(18)19)15-10-7-6-8-11-15/h6-13,20H,4-5,14H2,1-3H3. The Morgan fingerprint density at radius 1 is 1.00 bits per heavy atom. The molecule has 0 bridgehead atoms. The maximum atomic E-state index is 3.88. The number of halogens is 1. The van der Waals surface area contributed by atoms with Gasteiger partial charge in [-0.25, -0.2) is 0 Å². The molecule has 0 saturated carbocycles. The molecule has 0 amide bonds. The van der Waals surface area contributed by atoms with Crippen LogP contribution in [0, 0.1) is 0 Å². The third-order valence-corrected chi connectivity index (χ3v) is 6.91. The Bertz CT molecular complexity index is 581. The Kier molecular flexibility index (Phi) is 5.65. The molecule has 1 N–H and O–H groups in total. The van der Waals surface area contributed by atoms with Crippen LogP contribution in [-0.2, 0) is 0 Å². The highest BCUT2D eigenvalue weighted by Gasteiger charge is 2.22. The van der Waals surface area contributed by atoms with E-state index in [-0.39, 0.29) is 0 Å². The van der Waals surface area contributed by atoms with E-state index in [4.69, 9.17) is 0 Å². The van der Waals surface area contributed by atoms with Crippen molar-refractivity contribution in [2.45, 2.75) is 38.9 Å². The topological polar surface area (TPSA) is 12.0 Å². The maximum Gasteiger partial charge on any atom is 0.147 e. The fourth-order valence-electron chi connectivity index (χ4n) is 2.53. The molecule has 0 unspecified atom stereocenters. The lowest BCUT2D eigenvalue weighted by atomic mass is 10.0. The normalized spacial score (nSPS) is 11.4. The largest absolute Gasteiger partial charge is 0.409 e. The van der Waals surface area contributed by atoms with Crippen LogP contribution in [0.1, 0.15) is 19.8 Å². The molecule has 0 atom stereocenters. The molecule has 21 heavy (non-hydrogen) atoms. The molecule has 0 fully saturated rings. The lowest BCUT2D eigenvalue weighted by Gasteiger charge is -2.27. The van der Waals surface area contributed by atoms with Gasteiger partial charge in [0.1, 0.15) is 8.24 Å². The number of nitrogens with one attached hydrogen (secondary N) is 1. The van der Waals surface area contributed by atoms with Crippen molar-refractivity contribution in [3.05, 3.63) is 53.0 Å². The second-order valence-electron chi connectivity index (χ2n) is 6.14. The van der Waals surface area contributed by atoms with Crippen LogP contribution in [-0.4, -0.2) is 8.24 Å². The van der Waals surface area contributed by atoms with Crippen LogP contribution in [0.4, 0.5) is 5.69 Å². The highest BCUT2D eigenvalue weighted by molar-refractivity contribution is 9.10. The van der Waals surface area contributed by atoms with Gasteiger partial charge in [-0.1, -0.05) is 75.3 Å². The van der Waals surface area contributed by atoms with E-state index >= 15 is 0 Å². The highest BCUT2D eigenvalue weighted by atomic mass is 79.9. The van der Waals surface area contributed by atoms with Gasteiger partial charge in [0.05, 0.1) is 0 Å². The van der Waals surface area contributed by atoms with Crippen molar-refractivity contribution in [3.63, 3.8) is 0 Å². The minimum atomic E-state index is -1.44. The summed E-state index contributed by atoms with van der Waals surface area (Å²) in [5, 5.41) is 0.